The van der Waals surface area contributed by atoms with E-state index >= 15 is 0 Å². The summed E-state index contributed by atoms with van der Waals surface area (Å²) in [5.74, 6) is 0.857. The van der Waals surface area contributed by atoms with E-state index in [0.29, 0.717) is 0 Å². The standard InChI is InChI=1S/C12H10NO/c1-14-12-6-2-4-10(8-12)11-5-3-7-13-9-11/h2-6,8-9H,1H3. The highest BCUT2D eigenvalue weighted by atomic mass is 16.5. The molecule has 0 aliphatic carbocycles. The molecule has 0 spiro atoms. The molecule has 0 bridgehead atoms. The van der Waals surface area contributed by atoms with Crippen LogP contribution < -0.4 is 4.74 Å². The van der Waals surface area contributed by atoms with Crippen molar-refractivity contribution in [2.45, 2.75) is 0 Å². The lowest BCUT2D eigenvalue weighted by Crippen LogP contribution is -1.84. The van der Waals surface area contributed by atoms with E-state index in [1.807, 2.05) is 30.3 Å². The average Bonchev–Trinajstić information content (AvgIpc) is 2.30. The molecule has 0 N–H and O–H groups in total. The Morgan fingerprint density at radius 2 is 2.14 bits per heavy atom. The van der Waals surface area contributed by atoms with E-state index in [1.54, 1.807) is 19.4 Å². The van der Waals surface area contributed by atoms with Crippen molar-refractivity contribution < 1.29 is 4.74 Å². The normalized spacial score (nSPS) is 9.79. The Balaban J connectivity index is 2.42. The highest BCUT2D eigenvalue weighted by Gasteiger charge is 1.98. The van der Waals surface area contributed by atoms with E-state index < -0.39 is 0 Å². The molecule has 2 aromatic rings. The molecule has 0 fully saturated rings. The van der Waals surface area contributed by atoms with Gasteiger partial charge in [-0.25, -0.2) is 0 Å². The van der Waals surface area contributed by atoms with Crippen molar-refractivity contribution >= 4 is 0 Å². The summed E-state index contributed by atoms with van der Waals surface area (Å²) in [7, 11) is 1.66. The van der Waals surface area contributed by atoms with E-state index in [1.165, 1.54) is 0 Å². The molecule has 2 heteroatoms. The van der Waals surface area contributed by atoms with Crippen LogP contribution in [0.2, 0.25) is 0 Å². The Kier molecular flexibility index (Phi) is 2.45. The summed E-state index contributed by atoms with van der Waals surface area (Å²) in [6.07, 6.45) is 4.54. The predicted molar refractivity (Wildman–Crippen MR) is 55.1 cm³/mol. The molecule has 1 aromatic heterocycles. The molecular weight excluding hydrogens is 174 g/mol. The summed E-state index contributed by atoms with van der Waals surface area (Å²) in [4.78, 5) is 3.95. The lowest BCUT2D eigenvalue weighted by molar-refractivity contribution is 0.415. The van der Waals surface area contributed by atoms with Crippen molar-refractivity contribution in [2.24, 2.45) is 0 Å². The average molecular weight is 184 g/mol. The van der Waals surface area contributed by atoms with E-state index in [2.05, 4.69) is 11.2 Å². The zero-order chi connectivity index (χ0) is 9.80. The third-order valence-corrected chi connectivity index (χ3v) is 2.02. The number of rotatable bonds is 2. The maximum atomic E-state index is 5.15. The van der Waals surface area contributed by atoms with Gasteiger partial charge in [-0.2, -0.15) is 0 Å². The van der Waals surface area contributed by atoms with Crippen LogP contribution in [-0.2, 0) is 0 Å². The lowest BCUT2D eigenvalue weighted by atomic mass is 10.1. The van der Waals surface area contributed by atoms with Gasteiger partial charge in [0.1, 0.15) is 5.75 Å². The van der Waals surface area contributed by atoms with Gasteiger partial charge in [-0.05, 0) is 23.8 Å². The van der Waals surface area contributed by atoms with Crippen molar-refractivity contribution in [3.63, 3.8) is 0 Å². The summed E-state index contributed by atoms with van der Waals surface area (Å²) >= 11 is 0. The fraction of sp³-hybridized carbons (Fsp3) is 0.0833. The smallest absolute Gasteiger partial charge is 0.119 e. The SMILES string of the molecule is COc1cccc(-c2cc[c]nc2)c1. The van der Waals surface area contributed by atoms with Gasteiger partial charge < -0.3 is 4.74 Å². The molecule has 0 aliphatic heterocycles. The molecule has 2 nitrogen and oxygen atoms in total. The molecule has 14 heavy (non-hydrogen) atoms. The molecule has 0 aliphatic rings. The number of aromatic nitrogens is 1. The van der Waals surface area contributed by atoms with Crippen LogP contribution in [0.5, 0.6) is 5.75 Å². The Bertz CT molecular complexity index is 412. The number of methoxy groups -OCH3 is 1. The van der Waals surface area contributed by atoms with Crippen molar-refractivity contribution in [1.82, 2.24) is 4.98 Å². The van der Waals surface area contributed by atoms with Crippen molar-refractivity contribution in [3.05, 3.63) is 48.8 Å². The third kappa shape index (κ3) is 1.74. The van der Waals surface area contributed by atoms with Crippen LogP contribution in [-0.4, -0.2) is 12.1 Å². The van der Waals surface area contributed by atoms with Gasteiger partial charge in [0, 0.05) is 11.8 Å². The van der Waals surface area contributed by atoms with Crippen molar-refractivity contribution in [1.29, 1.82) is 0 Å². The van der Waals surface area contributed by atoms with Gasteiger partial charge in [0.25, 0.3) is 0 Å². The molecule has 0 unspecified atom stereocenters. The Morgan fingerprint density at radius 3 is 2.86 bits per heavy atom. The fourth-order valence-electron chi connectivity index (χ4n) is 1.29. The summed E-state index contributed by atoms with van der Waals surface area (Å²) in [6.45, 7) is 0. The topological polar surface area (TPSA) is 22.1 Å². The first-order valence-electron chi connectivity index (χ1n) is 4.36. The number of hydrogen-bond donors (Lipinski definition) is 0. The monoisotopic (exact) mass is 184 g/mol. The molecule has 1 radical (unpaired) electrons. The minimum Gasteiger partial charge on any atom is -0.497 e. The Hall–Kier alpha value is -1.83. The van der Waals surface area contributed by atoms with Crippen LogP contribution >= 0.6 is 0 Å². The minimum atomic E-state index is 0.857. The summed E-state index contributed by atoms with van der Waals surface area (Å²) in [6, 6.07) is 11.7. The molecule has 0 atom stereocenters. The molecule has 0 saturated heterocycles. The molecule has 0 amide bonds. The highest BCUT2D eigenvalue weighted by Crippen LogP contribution is 2.22. The molecule has 0 saturated carbocycles. The van der Waals surface area contributed by atoms with E-state index in [0.717, 1.165) is 16.9 Å². The van der Waals surface area contributed by atoms with Crippen LogP contribution in [0, 0.1) is 6.20 Å². The largest absolute Gasteiger partial charge is 0.497 e. The minimum absolute atomic E-state index is 0.857. The molecule has 1 heterocycles. The van der Waals surface area contributed by atoms with Crippen LogP contribution in [0.25, 0.3) is 11.1 Å². The molecular formula is C12H10NO. The first-order chi connectivity index (χ1) is 6.90. The Labute approximate surface area is 83.2 Å². The van der Waals surface area contributed by atoms with Crippen molar-refractivity contribution in [2.75, 3.05) is 7.11 Å². The molecule has 1 aromatic carbocycles. The van der Waals surface area contributed by atoms with Gasteiger partial charge in [0.2, 0.25) is 0 Å². The first kappa shape index (κ1) is 8.75. The predicted octanol–water partition coefficient (Wildman–Crippen LogP) is 2.56. The van der Waals surface area contributed by atoms with Crippen LogP contribution in [0.4, 0.5) is 0 Å². The van der Waals surface area contributed by atoms with E-state index in [4.69, 9.17) is 4.74 Å². The van der Waals surface area contributed by atoms with Gasteiger partial charge in [-0.3, -0.25) is 4.98 Å². The second-order valence-corrected chi connectivity index (χ2v) is 2.91. The van der Waals surface area contributed by atoms with Crippen LogP contribution in [0.1, 0.15) is 0 Å². The number of nitrogens with zero attached hydrogens (tertiary/aromatic N) is 1. The zero-order valence-electron chi connectivity index (χ0n) is 7.90. The van der Waals surface area contributed by atoms with Crippen LogP contribution in [0.15, 0.2) is 42.6 Å². The first-order valence-corrected chi connectivity index (χ1v) is 4.36. The van der Waals surface area contributed by atoms with E-state index in [-0.39, 0.29) is 0 Å². The van der Waals surface area contributed by atoms with Crippen LogP contribution in [0.3, 0.4) is 0 Å². The van der Waals surface area contributed by atoms with Gasteiger partial charge in [-0.1, -0.05) is 18.2 Å². The van der Waals surface area contributed by atoms with Gasteiger partial charge >= 0.3 is 0 Å². The molecule has 2 rings (SSSR count). The van der Waals surface area contributed by atoms with Gasteiger partial charge in [-0.15, -0.1) is 0 Å². The number of ether oxygens (including phenoxy) is 1. The number of benzene rings is 1. The molecule has 69 valence electrons. The zero-order valence-corrected chi connectivity index (χ0v) is 7.90. The summed E-state index contributed by atoms with van der Waals surface area (Å²) < 4.78 is 5.15. The summed E-state index contributed by atoms with van der Waals surface area (Å²) in [5, 5.41) is 0. The number of hydrogen-bond acceptors (Lipinski definition) is 2. The lowest BCUT2D eigenvalue weighted by Gasteiger charge is -2.03. The fourth-order valence-corrected chi connectivity index (χ4v) is 1.29. The highest BCUT2D eigenvalue weighted by molar-refractivity contribution is 5.63. The van der Waals surface area contributed by atoms with E-state index in [9.17, 15) is 0 Å². The third-order valence-electron chi connectivity index (χ3n) is 2.02. The number of pyridine rings is 1. The summed E-state index contributed by atoms with van der Waals surface area (Å²) in [5.41, 5.74) is 2.17. The quantitative estimate of drug-likeness (QED) is 0.715. The van der Waals surface area contributed by atoms with Gasteiger partial charge in [0.15, 0.2) is 0 Å². The second kappa shape index (κ2) is 3.92. The van der Waals surface area contributed by atoms with Crippen molar-refractivity contribution in [3.8, 4) is 16.9 Å². The Morgan fingerprint density at radius 1 is 1.21 bits per heavy atom. The maximum absolute atomic E-state index is 5.15. The second-order valence-electron chi connectivity index (χ2n) is 2.91. The maximum Gasteiger partial charge on any atom is 0.119 e. The van der Waals surface area contributed by atoms with Gasteiger partial charge in [0.05, 0.1) is 13.3 Å².